The summed E-state index contributed by atoms with van der Waals surface area (Å²) in [4.78, 5) is 163. The number of aliphatic imine (C=N–C) groups is 2. The maximum absolute atomic E-state index is 15.1. The normalized spacial score (nSPS) is 22.0. The summed E-state index contributed by atoms with van der Waals surface area (Å²) < 4.78 is 4.58. The van der Waals surface area contributed by atoms with E-state index in [2.05, 4.69) is 47.2 Å². The number of carbonyl (C=O) groups excluding carboxylic acids is 11. The van der Waals surface area contributed by atoms with Crippen molar-refractivity contribution in [2.75, 3.05) is 32.5 Å². The maximum atomic E-state index is 15.1. The number of hydrogen-bond donors (Lipinski definition) is 14. The van der Waals surface area contributed by atoms with E-state index in [0.29, 0.717) is 36.1 Å². The van der Waals surface area contributed by atoms with Crippen LogP contribution in [0, 0.1) is 0 Å². The van der Waals surface area contributed by atoms with E-state index in [9.17, 15) is 47.9 Å². The van der Waals surface area contributed by atoms with Gasteiger partial charge in [0.2, 0.25) is 65.0 Å². The van der Waals surface area contributed by atoms with Crippen LogP contribution < -0.4 is 82.1 Å². The van der Waals surface area contributed by atoms with Crippen LogP contribution in [0.4, 0.5) is 0 Å². The number of carbonyl (C=O) groups is 11. The van der Waals surface area contributed by atoms with Gasteiger partial charge in [-0.3, -0.25) is 62.7 Å². The molecule has 3 unspecified atom stereocenters. The smallest absolute Gasteiger partial charge is 0.246 e. The Morgan fingerprint density at radius 3 is 1.82 bits per heavy atom. The van der Waals surface area contributed by atoms with E-state index in [1.807, 2.05) is 0 Å². The fourth-order valence-electron chi connectivity index (χ4n) is 10.4. The highest BCUT2D eigenvalue weighted by Crippen LogP contribution is 2.48. The quantitative estimate of drug-likeness (QED) is 0.0217. The fraction of sp³-hybridized carbons (Fsp3) is 0.554. The van der Waals surface area contributed by atoms with Crippen molar-refractivity contribution in [3.05, 3.63) is 65.7 Å². The van der Waals surface area contributed by atoms with Crippen molar-refractivity contribution >= 4 is 98.5 Å². The van der Waals surface area contributed by atoms with Crippen molar-refractivity contribution in [2.24, 2.45) is 50.1 Å². The number of primary amides is 3. The third-order valence-electron chi connectivity index (χ3n) is 14.9. The molecule has 1 aliphatic carbocycles. The monoisotopic (exact) mass is 1250 g/mol. The molecule has 21 N–H and O–H groups in total. The van der Waals surface area contributed by atoms with Gasteiger partial charge in [-0.1, -0.05) is 83.3 Å². The lowest BCUT2D eigenvalue weighted by Crippen LogP contribution is -2.61. The van der Waals surface area contributed by atoms with Crippen LogP contribution >= 0.6 is 21.6 Å². The van der Waals surface area contributed by atoms with Crippen molar-refractivity contribution in [3.8, 4) is 5.75 Å². The van der Waals surface area contributed by atoms with Gasteiger partial charge in [0.1, 0.15) is 54.1 Å². The molecule has 2 saturated heterocycles. The second-order valence-corrected chi connectivity index (χ2v) is 24.5. The van der Waals surface area contributed by atoms with Gasteiger partial charge in [0.05, 0.1) is 13.5 Å². The number of nitrogens with two attached hydrogens (primary N) is 7. The van der Waals surface area contributed by atoms with Gasteiger partial charge >= 0.3 is 0 Å². The summed E-state index contributed by atoms with van der Waals surface area (Å²) in [5, 5.41) is 18.8. The van der Waals surface area contributed by atoms with Gasteiger partial charge in [-0.25, -0.2) is 0 Å². The third kappa shape index (κ3) is 23.1. The molecule has 1 saturated carbocycles. The number of nitrogens with zero attached hydrogens (tertiary/aromatic N) is 3. The van der Waals surface area contributed by atoms with E-state index in [4.69, 9.17) is 44.9 Å². The first-order valence-corrected chi connectivity index (χ1v) is 31.1. The zero-order valence-electron chi connectivity index (χ0n) is 48.8. The minimum absolute atomic E-state index is 0.00529. The molecule has 0 radical (unpaired) electrons. The molecule has 2 heterocycles. The standard InChI is InChI=1S/C56H83N17O12S2/c1-85-34-18-16-33(17-19-34)28-38-49(80)70-39(27-32-11-4-2-5-12-32)50(81)68-37(20-21-43(57)74)48(79)71-40(29-44(58)75)51(82)72-41(31-86-87-56(30-45(76)66-38)22-6-3-7-23-56)53(84)73-26-10-15-42(73)52(83)69-36(14-9-25-65-55(62)63)47(78)67-35(46(59)77)13-8-24-64-54(60)61/h2,4-5,11-12,16-19,35-42H,3,6-10,13-15,20-31H2,1H3,(H2,57,74)(H2,58,75)(H2,59,77)(H,66,76)(H,67,78)(H,68,81)(H,69,83)(H,70,80)(H,71,79)(H,72,82)(H4,60,61,64)(H4,62,63,65)/t35-,36-,37-,38?,39?,40-,41?,42-/m0/s1. The number of benzene rings is 2. The molecule has 11 amide bonds. The molecule has 3 fully saturated rings. The summed E-state index contributed by atoms with van der Waals surface area (Å²) in [7, 11) is 4.00. The SMILES string of the molecule is COc1ccc(CC2NC(=O)CC3(CCCCC3)SSCC(C(=O)N3CCC[C@H]3C(=O)N[C@@H](CCCN=C(N)N)C(=O)N[C@@H](CCCN=C(N)N)C(N)=O)NC(=O)[C@H](CC(N)=O)NC(=O)[C@H](CCC(N)=O)NC(=O)C(Cc3ccccc3)NC2=O)cc1. The van der Waals surface area contributed by atoms with E-state index in [-0.39, 0.29) is 88.7 Å². The summed E-state index contributed by atoms with van der Waals surface area (Å²) in [6.45, 7) is 0.200. The summed E-state index contributed by atoms with van der Waals surface area (Å²) >= 11 is 0. The van der Waals surface area contributed by atoms with Crippen molar-refractivity contribution < 1.29 is 57.5 Å². The van der Waals surface area contributed by atoms with Gasteiger partial charge in [0, 0.05) is 55.8 Å². The number of amides is 11. The first-order valence-electron chi connectivity index (χ1n) is 28.8. The average molecular weight is 1250 g/mol. The van der Waals surface area contributed by atoms with Gasteiger partial charge in [-0.15, -0.1) is 0 Å². The van der Waals surface area contributed by atoms with Crippen LogP contribution in [0.15, 0.2) is 64.6 Å². The average Bonchev–Trinajstić information content (AvgIpc) is 2.80. The Labute approximate surface area is 512 Å². The number of likely N-dealkylation sites (tertiary alicyclic amines) is 1. The number of ether oxygens (including phenoxy) is 1. The first kappa shape index (κ1) is 69.4. The highest BCUT2D eigenvalue weighted by molar-refractivity contribution is 8.77. The molecule has 31 heteroatoms. The molecule has 2 aliphatic heterocycles. The summed E-state index contributed by atoms with van der Waals surface area (Å²) in [5.41, 5.74) is 40.0. The molecule has 1 spiro atoms. The Kier molecular flexibility index (Phi) is 27.7. The van der Waals surface area contributed by atoms with Crippen LogP contribution in [-0.2, 0) is 65.6 Å². The van der Waals surface area contributed by atoms with Gasteiger partial charge in [-0.05, 0) is 81.0 Å². The molecule has 0 bridgehead atoms. The molecule has 2 aromatic carbocycles. The zero-order chi connectivity index (χ0) is 63.6. The van der Waals surface area contributed by atoms with Crippen molar-refractivity contribution in [2.45, 2.75) is 162 Å². The number of rotatable bonds is 24. The highest BCUT2D eigenvalue weighted by Gasteiger charge is 2.43. The Hall–Kier alpha value is -8.35. The van der Waals surface area contributed by atoms with Crippen LogP contribution in [-0.4, -0.2) is 167 Å². The van der Waals surface area contributed by atoms with Crippen LogP contribution in [0.3, 0.4) is 0 Å². The Morgan fingerprint density at radius 1 is 0.667 bits per heavy atom. The lowest BCUT2D eigenvalue weighted by atomic mass is 9.85. The Morgan fingerprint density at radius 2 is 1.23 bits per heavy atom. The third-order valence-corrected chi connectivity index (χ3v) is 18.2. The molecule has 87 heavy (non-hydrogen) atoms. The topological polar surface area (TPSA) is 491 Å². The second-order valence-electron chi connectivity index (χ2n) is 21.7. The number of hydrogen-bond acceptors (Lipinski definition) is 16. The minimum atomic E-state index is -1.79. The molecule has 5 rings (SSSR count). The van der Waals surface area contributed by atoms with E-state index in [0.717, 1.165) is 19.3 Å². The second kappa shape index (κ2) is 34.7. The zero-order valence-corrected chi connectivity index (χ0v) is 50.4. The number of methoxy groups -OCH3 is 1. The van der Waals surface area contributed by atoms with Crippen LogP contribution in [0.25, 0.3) is 0 Å². The molecule has 29 nitrogen and oxygen atoms in total. The van der Waals surface area contributed by atoms with Crippen LogP contribution in [0.5, 0.6) is 5.75 Å². The van der Waals surface area contributed by atoms with E-state index in [1.54, 1.807) is 54.6 Å². The molecule has 3 aliphatic rings. The highest BCUT2D eigenvalue weighted by atomic mass is 33.1. The Bertz CT molecular complexity index is 2800. The lowest BCUT2D eigenvalue weighted by molar-refractivity contribution is -0.142. The molecule has 476 valence electrons. The molecular formula is C56H83N17O12S2. The molecule has 2 aromatic rings. The van der Waals surface area contributed by atoms with Crippen molar-refractivity contribution in [3.63, 3.8) is 0 Å². The van der Waals surface area contributed by atoms with Gasteiger partial charge in [-0.2, -0.15) is 0 Å². The Balaban J connectivity index is 1.52. The largest absolute Gasteiger partial charge is 0.497 e. The number of nitrogens with one attached hydrogen (secondary N) is 7. The lowest BCUT2D eigenvalue weighted by Gasteiger charge is -2.37. The van der Waals surface area contributed by atoms with Crippen molar-refractivity contribution in [1.82, 2.24) is 42.1 Å². The predicted molar refractivity (Wildman–Crippen MR) is 327 cm³/mol. The molecule has 0 aromatic heterocycles. The maximum Gasteiger partial charge on any atom is 0.246 e. The molecular weight excluding hydrogens is 1170 g/mol. The van der Waals surface area contributed by atoms with Gasteiger partial charge < -0.3 is 87.0 Å². The molecule has 8 atom stereocenters. The summed E-state index contributed by atoms with van der Waals surface area (Å²) in [6, 6.07) is 4.24. The number of guanidine groups is 2. The summed E-state index contributed by atoms with van der Waals surface area (Å²) in [6.07, 6.45) is 2.40. The summed E-state index contributed by atoms with van der Waals surface area (Å²) in [5.74, 6) is -9.35. The van der Waals surface area contributed by atoms with Crippen molar-refractivity contribution in [1.29, 1.82) is 0 Å². The minimum Gasteiger partial charge on any atom is -0.497 e. The van der Waals surface area contributed by atoms with E-state index >= 15 is 4.79 Å². The van der Waals surface area contributed by atoms with Gasteiger partial charge in [0.25, 0.3) is 0 Å². The van der Waals surface area contributed by atoms with Gasteiger partial charge in [0.15, 0.2) is 11.9 Å². The first-order chi connectivity index (χ1) is 41.5. The van der Waals surface area contributed by atoms with Crippen LogP contribution in [0.1, 0.15) is 107 Å². The van der Waals surface area contributed by atoms with Crippen LogP contribution in [0.2, 0.25) is 0 Å². The predicted octanol–water partition coefficient (Wildman–Crippen LogP) is -2.91. The van der Waals surface area contributed by atoms with E-state index in [1.165, 1.54) is 33.6 Å². The van der Waals surface area contributed by atoms with E-state index < -0.39 is 137 Å². The fourth-order valence-corrected chi connectivity index (χ4v) is 13.7.